The van der Waals surface area contributed by atoms with Crippen molar-refractivity contribution in [3.05, 3.63) is 49.9 Å². The number of aromatic nitrogens is 1. The van der Waals surface area contributed by atoms with Crippen LogP contribution in [0.3, 0.4) is 0 Å². The summed E-state index contributed by atoms with van der Waals surface area (Å²) in [7, 11) is 0. The van der Waals surface area contributed by atoms with Gasteiger partial charge in [-0.1, -0.05) is 24.3 Å². The quantitative estimate of drug-likeness (QED) is 0.593. The lowest BCUT2D eigenvalue weighted by atomic mass is 10.1. The van der Waals surface area contributed by atoms with E-state index in [0.717, 1.165) is 21.7 Å². The SMILES string of the molecule is Cc1ccccc1CC(=O)NNC(=O)Cc1sc(=S)[nH]c1C. The lowest BCUT2D eigenvalue weighted by molar-refractivity contribution is -0.128. The summed E-state index contributed by atoms with van der Waals surface area (Å²) in [6.07, 6.45) is 0.420. The number of aryl methyl sites for hydroxylation is 2. The molecule has 2 amide bonds. The van der Waals surface area contributed by atoms with E-state index < -0.39 is 0 Å². The van der Waals surface area contributed by atoms with Crippen molar-refractivity contribution in [2.45, 2.75) is 26.7 Å². The smallest absolute Gasteiger partial charge is 0.243 e. The molecule has 0 spiro atoms. The molecule has 3 N–H and O–H groups in total. The third kappa shape index (κ3) is 4.51. The Morgan fingerprint density at radius 1 is 1.14 bits per heavy atom. The van der Waals surface area contributed by atoms with Gasteiger partial charge in [0.2, 0.25) is 11.8 Å². The van der Waals surface area contributed by atoms with Crippen molar-refractivity contribution in [2.75, 3.05) is 0 Å². The standard InChI is InChI=1S/C15H17N3O2S2/c1-9-5-3-4-6-11(9)7-13(19)17-18-14(20)8-12-10(2)16-15(21)22-12/h3-6H,7-8H2,1-2H3,(H,16,21)(H,17,19)(H,18,20). The number of hydrazine groups is 1. The number of nitrogens with one attached hydrogen (secondary N) is 3. The summed E-state index contributed by atoms with van der Waals surface area (Å²) in [4.78, 5) is 27.5. The summed E-state index contributed by atoms with van der Waals surface area (Å²) < 4.78 is 0.642. The number of H-pyrrole nitrogens is 1. The minimum absolute atomic E-state index is 0.189. The zero-order valence-corrected chi connectivity index (χ0v) is 14.0. The van der Waals surface area contributed by atoms with Gasteiger partial charge in [-0.2, -0.15) is 0 Å². The molecule has 0 radical (unpaired) electrons. The fourth-order valence-corrected chi connectivity index (χ4v) is 3.25. The van der Waals surface area contributed by atoms with Gasteiger partial charge in [-0.3, -0.25) is 20.4 Å². The summed E-state index contributed by atoms with van der Waals surface area (Å²) in [5.41, 5.74) is 7.73. The van der Waals surface area contributed by atoms with Crippen LogP contribution in [-0.4, -0.2) is 16.8 Å². The summed E-state index contributed by atoms with van der Waals surface area (Å²) >= 11 is 6.39. The van der Waals surface area contributed by atoms with Crippen LogP contribution in [0.2, 0.25) is 0 Å². The monoisotopic (exact) mass is 335 g/mol. The fraction of sp³-hybridized carbons (Fsp3) is 0.267. The maximum absolute atomic E-state index is 11.8. The van der Waals surface area contributed by atoms with E-state index in [4.69, 9.17) is 12.2 Å². The first kappa shape index (κ1) is 16.4. The maximum Gasteiger partial charge on any atom is 0.243 e. The summed E-state index contributed by atoms with van der Waals surface area (Å²) in [6, 6.07) is 7.65. The van der Waals surface area contributed by atoms with Gasteiger partial charge in [-0.05, 0) is 37.2 Å². The van der Waals surface area contributed by atoms with Gasteiger partial charge >= 0.3 is 0 Å². The van der Waals surface area contributed by atoms with Crippen LogP contribution >= 0.6 is 23.6 Å². The van der Waals surface area contributed by atoms with E-state index in [1.165, 1.54) is 11.3 Å². The molecule has 2 rings (SSSR count). The van der Waals surface area contributed by atoms with E-state index in [-0.39, 0.29) is 24.7 Å². The second-order valence-corrected chi connectivity index (χ2v) is 6.71. The van der Waals surface area contributed by atoms with Gasteiger partial charge < -0.3 is 4.98 Å². The van der Waals surface area contributed by atoms with Gasteiger partial charge in [0.05, 0.1) is 12.8 Å². The van der Waals surface area contributed by atoms with Gasteiger partial charge in [0, 0.05) is 10.6 Å². The van der Waals surface area contributed by atoms with E-state index in [9.17, 15) is 9.59 Å². The fourth-order valence-electron chi connectivity index (χ4n) is 1.96. The Kier molecular flexibility index (Phi) is 5.46. The first-order valence-electron chi connectivity index (χ1n) is 6.76. The zero-order valence-electron chi connectivity index (χ0n) is 12.4. The number of carbonyl (C=O) groups is 2. The molecule has 2 aromatic rings. The van der Waals surface area contributed by atoms with Crippen molar-refractivity contribution in [3.8, 4) is 0 Å². The Hall–Kier alpha value is -1.99. The van der Waals surface area contributed by atoms with Crippen LogP contribution in [0.25, 0.3) is 0 Å². The molecule has 0 unspecified atom stereocenters. The number of benzene rings is 1. The largest absolute Gasteiger partial charge is 0.341 e. The summed E-state index contributed by atoms with van der Waals surface area (Å²) in [5.74, 6) is -0.521. The normalized spacial score (nSPS) is 10.3. The molecule has 1 heterocycles. The van der Waals surface area contributed by atoms with Crippen molar-refractivity contribution in [3.63, 3.8) is 0 Å². The number of rotatable bonds is 4. The molecule has 0 bridgehead atoms. The van der Waals surface area contributed by atoms with Crippen LogP contribution in [0, 0.1) is 17.8 Å². The van der Waals surface area contributed by atoms with E-state index in [0.29, 0.717) is 3.95 Å². The zero-order chi connectivity index (χ0) is 16.1. The average Bonchev–Trinajstić information content (AvgIpc) is 2.77. The van der Waals surface area contributed by atoms with Crippen molar-refractivity contribution in [1.29, 1.82) is 0 Å². The predicted octanol–water partition coefficient (Wildman–Crippen LogP) is 2.36. The Morgan fingerprint density at radius 3 is 2.36 bits per heavy atom. The number of aromatic amines is 1. The van der Waals surface area contributed by atoms with Gasteiger partial charge in [-0.15, -0.1) is 11.3 Å². The first-order valence-corrected chi connectivity index (χ1v) is 7.99. The van der Waals surface area contributed by atoms with E-state index in [1.807, 2.05) is 38.1 Å². The van der Waals surface area contributed by atoms with Gasteiger partial charge in [0.1, 0.15) is 0 Å². The molecule has 0 saturated heterocycles. The molecule has 5 nitrogen and oxygen atoms in total. The Morgan fingerprint density at radius 2 is 1.77 bits per heavy atom. The molecule has 1 aromatic carbocycles. The molecule has 0 aliphatic rings. The van der Waals surface area contributed by atoms with Crippen LogP contribution in [0.1, 0.15) is 21.7 Å². The molecule has 22 heavy (non-hydrogen) atoms. The number of hydrogen-bond acceptors (Lipinski definition) is 4. The van der Waals surface area contributed by atoms with E-state index in [2.05, 4.69) is 15.8 Å². The van der Waals surface area contributed by atoms with Crippen molar-refractivity contribution < 1.29 is 9.59 Å². The highest BCUT2D eigenvalue weighted by Crippen LogP contribution is 2.14. The molecule has 0 atom stereocenters. The molecule has 7 heteroatoms. The van der Waals surface area contributed by atoms with Crippen LogP contribution < -0.4 is 10.9 Å². The van der Waals surface area contributed by atoms with Gasteiger partial charge in [-0.25, -0.2) is 0 Å². The number of carbonyl (C=O) groups excluding carboxylic acids is 2. The predicted molar refractivity (Wildman–Crippen MR) is 89.1 cm³/mol. The topological polar surface area (TPSA) is 74.0 Å². The highest BCUT2D eigenvalue weighted by atomic mass is 32.1. The lowest BCUT2D eigenvalue weighted by Gasteiger charge is -2.08. The highest BCUT2D eigenvalue weighted by molar-refractivity contribution is 7.73. The third-order valence-corrected chi connectivity index (χ3v) is 4.53. The van der Waals surface area contributed by atoms with Crippen molar-refractivity contribution in [2.24, 2.45) is 0 Å². The van der Waals surface area contributed by atoms with Crippen LogP contribution in [0.15, 0.2) is 24.3 Å². The Labute approximate surface area is 137 Å². The third-order valence-electron chi connectivity index (χ3n) is 3.20. The van der Waals surface area contributed by atoms with Crippen LogP contribution in [-0.2, 0) is 22.4 Å². The Balaban J connectivity index is 1.83. The molecule has 0 aliphatic carbocycles. The minimum Gasteiger partial charge on any atom is -0.341 e. The van der Waals surface area contributed by atoms with Crippen molar-refractivity contribution >= 4 is 35.4 Å². The Bertz CT molecular complexity index is 749. The second-order valence-electron chi connectivity index (χ2n) is 4.94. The molecule has 116 valence electrons. The molecule has 0 fully saturated rings. The van der Waals surface area contributed by atoms with Gasteiger partial charge in [0.15, 0.2) is 3.95 Å². The average molecular weight is 335 g/mol. The maximum atomic E-state index is 11.8. The lowest BCUT2D eigenvalue weighted by Crippen LogP contribution is -2.43. The second kappa shape index (κ2) is 7.33. The highest BCUT2D eigenvalue weighted by Gasteiger charge is 2.10. The summed E-state index contributed by atoms with van der Waals surface area (Å²) in [6.45, 7) is 3.81. The van der Waals surface area contributed by atoms with Crippen LogP contribution in [0.5, 0.6) is 0 Å². The first-order chi connectivity index (χ1) is 10.5. The molecule has 0 saturated carbocycles. The number of thiazole rings is 1. The van der Waals surface area contributed by atoms with Crippen LogP contribution in [0.4, 0.5) is 0 Å². The van der Waals surface area contributed by atoms with E-state index in [1.54, 1.807) is 0 Å². The minimum atomic E-state index is -0.272. The number of hydrogen-bond donors (Lipinski definition) is 3. The molecule has 0 aliphatic heterocycles. The van der Waals surface area contributed by atoms with Crippen molar-refractivity contribution in [1.82, 2.24) is 15.8 Å². The van der Waals surface area contributed by atoms with E-state index >= 15 is 0 Å². The summed E-state index contributed by atoms with van der Waals surface area (Å²) in [5, 5.41) is 0. The number of amides is 2. The molecule has 1 aromatic heterocycles. The molecular weight excluding hydrogens is 318 g/mol. The molecular formula is C15H17N3O2S2. The van der Waals surface area contributed by atoms with Gasteiger partial charge in [0.25, 0.3) is 0 Å².